The molecule has 1 aromatic heterocycles. The van der Waals surface area contributed by atoms with E-state index in [1.54, 1.807) is 18.1 Å². The highest BCUT2D eigenvalue weighted by atomic mass is 79.9. The number of carbonyl (C=O) groups excluding carboxylic acids is 1. The lowest BCUT2D eigenvalue weighted by Gasteiger charge is -2.15. The maximum Gasteiger partial charge on any atom is 0.247 e. The fraction of sp³-hybridized carbons (Fsp3) is 0.200. The summed E-state index contributed by atoms with van der Waals surface area (Å²) in [6.07, 6.45) is 4.16. The molecule has 0 aliphatic carbocycles. The zero-order chi connectivity index (χ0) is 12.4. The molecule has 0 radical (unpaired) electrons. The minimum atomic E-state index is -0.560. The average molecular weight is 301 g/mol. The summed E-state index contributed by atoms with van der Waals surface area (Å²) in [4.78, 5) is 15.4. The van der Waals surface area contributed by atoms with Crippen molar-refractivity contribution >= 4 is 27.5 Å². The Morgan fingerprint density at radius 2 is 2.47 bits per heavy atom. The predicted molar refractivity (Wildman–Crippen MR) is 64.5 cm³/mol. The number of hydrazine groups is 1. The van der Waals surface area contributed by atoms with E-state index >= 15 is 0 Å². The second-order valence-electron chi connectivity index (χ2n) is 3.50. The van der Waals surface area contributed by atoms with Crippen molar-refractivity contribution in [1.29, 1.82) is 0 Å². The third kappa shape index (κ3) is 2.62. The van der Waals surface area contributed by atoms with Crippen molar-refractivity contribution in [2.75, 3.05) is 12.4 Å². The highest BCUT2D eigenvalue weighted by Crippen LogP contribution is 2.17. The topological polar surface area (TPSA) is 57.3 Å². The van der Waals surface area contributed by atoms with Crippen LogP contribution in [-0.4, -0.2) is 29.0 Å². The number of amides is 1. The van der Waals surface area contributed by atoms with Gasteiger partial charge in [-0.1, -0.05) is 0 Å². The number of nitrogens with one attached hydrogen (secondary N) is 2. The molecule has 2 heterocycles. The highest BCUT2D eigenvalue weighted by molar-refractivity contribution is 9.11. The molecule has 1 aliphatic heterocycles. The molecule has 0 bridgehead atoms. The van der Waals surface area contributed by atoms with Crippen molar-refractivity contribution in [2.24, 2.45) is 0 Å². The van der Waals surface area contributed by atoms with Gasteiger partial charge in [-0.25, -0.2) is 9.82 Å². The predicted octanol–water partition coefficient (Wildman–Crippen LogP) is 1.21. The molecule has 1 atom stereocenters. The van der Waals surface area contributed by atoms with Crippen LogP contribution in [-0.2, 0) is 4.79 Å². The molecular formula is C10H10BrFN4O. The third-order valence-corrected chi connectivity index (χ3v) is 3.07. The van der Waals surface area contributed by atoms with E-state index in [0.717, 1.165) is 10.8 Å². The number of carbonyl (C=O) groups is 1. The summed E-state index contributed by atoms with van der Waals surface area (Å²) in [5.74, 6) is -0.897. The van der Waals surface area contributed by atoms with Crippen molar-refractivity contribution in [2.45, 2.75) is 6.04 Å². The number of anilines is 1. The monoisotopic (exact) mass is 300 g/mol. The van der Waals surface area contributed by atoms with Crippen molar-refractivity contribution in [1.82, 2.24) is 15.4 Å². The Labute approximate surface area is 106 Å². The average Bonchev–Trinajstić information content (AvgIpc) is 2.63. The molecule has 2 N–H and O–H groups in total. The van der Waals surface area contributed by atoms with Gasteiger partial charge in [0.05, 0.1) is 16.5 Å². The van der Waals surface area contributed by atoms with Crippen LogP contribution < -0.4 is 10.7 Å². The standard InChI is InChI=1S/C10H10BrFN4O/c1-16-9(11)4-8(15-16)10(17)14-7-2-3-13-5-6(7)12/h2-5,8,15H,1H3,(H,13,14,17). The van der Waals surface area contributed by atoms with Crippen LogP contribution in [0.5, 0.6) is 0 Å². The van der Waals surface area contributed by atoms with E-state index in [0.29, 0.717) is 0 Å². The summed E-state index contributed by atoms with van der Waals surface area (Å²) in [7, 11) is 1.76. The molecule has 1 aliphatic rings. The first kappa shape index (κ1) is 12.0. The number of aromatic nitrogens is 1. The third-order valence-electron chi connectivity index (χ3n) is 2.27. The number of pyridine rings is 1. The Kier molecular flexibility index (Phi) is 3.39. The maximum atomic E-state index is 13.3. The van der Waals surface area contributed by atoms with Crippen LogP contribution in [0.25, 0.3) is 0 Å². The number of rotatable bonds is 2. The summed E-state index contributed by atoms with van der Waals surface area (Å²) in [5.41, 5.74) is 3.00. The first-order chi connectivity index (χ1) is 8.08. The number of halogens is 2. The zero-order valence-electron chi connectivity index (χ0n) is 8.95. The van der Waals surface area contributed by atoms with Crippen LogP contribution in [0.3, 0.4) is 0 Å². The van der Waals surface area contributed by atoms with Crippen molar-refractivity contribution in [3.63, 3.8) is 0 Å². The zero-order valence-corrected chi connectivity index (χ0v) is 10.5. The molecule has 0 saturated heterocycles. The fourth-order valence-electron chi connectivity index (χ4n) is 1.38. The van der Waals surface area contributed by atoms with E-state index in [9.17, 15) is 9.18 Å². The first-order valence-electron chi connectivity index (χ1n) is 4.85. The Bertz CT molecular complexity index is 479. The molecule has 0 aromatic carbocycles. The summed E-state index contributed by atoms with van der Waals surface area (Å²) in [6, 6.07) is 0.881. The quantitative estimate of drug-likeness (QED) is 0.806. The molecule has 0 saturated carbocycles. The van der Waals surface area contributed by atoms with E-state index in [1.807, 2.05) is 0 Å². The molecule has 1 unspecified atom stereocenters. The second-order valence-corrected chi connectivity index (χ2v) is 4.31. The summed E-state index contributed by atoms with van der Waals surface area (Å²) in [5, 5.41) is 4.14. The van der Waals surface area contributed by atoms with E-state index in [1.165, 1.54) is 12.3 Å². The van der Waals surface area contributed by atoms with Gasteiger partial charge in [-0.2, -0.15) is 0 Å². The summed E-state index contributed by atoms with van der Waals surface area (Å²) >= 11 is 3.27. The van der Waals surface area contributed by atoms with Crippen molar-refractivity contribution < 1.29 is 9.18 Å². The second kappa shape index (κ2) is 4.80. The van der Waals surface area contributed by atoms with Gasteiger partial charge in [-0.3, -0.25) is 9.78 Å². The molecule has 2 rings (SSSR count). The van der Waals surface area contributed by atoms with Crippen LogP contribution in [0.15, 0.2) is 29.1 Å². The van der Waals surface area contributed by atoms with Gasteiger partial charge in [-0.05, 0) is 28.1 Å². The molecule has 5 nitrogen and oxygen atoms in total. The SMILES string of the molecule is CN1NC(C(=O)Nc2ccncc2F)C=C1Br. The van der Waals surface area contributed by atoms with E-state index in [4.69, 9.17) is 0 Å². The number of nitrogens with zero attached hydrogens (tertiary/aromatic N) is 2. The van der Waals surface area contributed by atoms with Gasteiger partial charge in [-0.15, -0.1) is 0 Å². The van der Waals surface area contributed by atoms with E-state index in [2.05, 4.69) is 31.7 Å². The van der Waals surface area contributed by atoms with Crippen LogP contribution in [0.2, 0.25) is 0 Å². The van der Waals surface area contributed by atoms with Gasteiger partial charge in [0.15, 0.2) is 5.82 Å². The number of hydrogen-bond acceptors (Lipinski definition) is 4. The summed E-state index contributed by atoms with van der Waals surface area (Å²) < 4.78 is 14.0. The van der Waals surface area contributed by atoms with Crippen molar-refractivity contribution in [3.05, 3.63) is 35.0 Å². The molecule has 0 fully saturated rings. The summed E-state index contributed by atoms with van der Waals surface area (Å²) in [6.45, 7) is 0. The van der Waals surface area contributed by atoms with Gasteiger partial charge in [0.25, 0.3) is 0 Å². The largest absolute Gasteiger partial charge is 0.322 e. The van der Waals surface area contributed by atoms with E-state index < -0.39 is 11.9 Å². The Hall–Kier alpha value is -1.47. The minimum absolute atomic E-state index is 0.117. The van der Waals surface area contributed by atoms with Crippen molar-refractivity contribution in [3.8, 4) is 0 Å². The molecule has 90 valence electrons. The van der Waals surface area contributed by atoms with Crippen LogP contribution >= 0.6 is 15.9 Å². The van der Waals surface area contributed by atoms with Crippen LogP contribution in [0.1, 0.15) is 0 Å². The van der Waals surface area contributed by atoms with Crippen LogP contribution in [0, 0.1) is 5.82 Å². The molecule has 1 aromatic rings. The molecule has 7 heteroatoms. The van der Waals surface area contributed by atoms with Gasteiger partial charge in [0.1, 0.15) is 6.04 Å². The molecule has 17 heavy (non-hydrogen) atoms. The lowest BCUT2D eigenvalue weighted by molar-refractivity contribution is -0.117. The fourth-order valence-corrected chi connectivity index (χ4v) is 1.74. The highest BCUT2D eigenvalue weighted by Gasteiger charge is 2.25. The Morgan fingerprint density at radius 3 is 3.06 bits per heavy atom. The molecular weight excluding hydrogens is 291 g/mol. The van der Waals surface area contributed by atoms with E-state index in [-0.39, 0.29) is 11.6 Å². The normalized spacial score (nSPS) is 19.1. The smallest absolute Gasteiger partial charge is 0.247 e. The lowest BCUT2D eigenvalue weighted by Crippen LogP contribution is -2.41. The maximum absolute atomic E-state index is 13.3. The molecule has 0 spiro atoms. The Balaban J connectivity index is 2.06. The van der Waals surface area contributed by atoms with Crippen LogP contribution in [0.4, 0.5) is 10.1 Å². The first-order valence-corrected chi connectivity index (χ1v) is 5.65. The van der Waals surface area contributed by atoms with Gasteiger partial charge >= 0.3 is 0 Å². The van der Waals surface area contributed by atoms with Gasteiger partial charge in [0.2, 0.25) is 5.91 Å². The minimum Gasteiger partial charge on any atom is -0.322 e. The Morgan fingerprint density at radius 1 is 1.71 bits per heavy atom. The lowest BCUT2D eigenvalue weighted by atomic mass is 10.3. The molecule has 1 amide bonds. The number of hydrogen-bond donors (Lipinski definition) is 2. The van der Waals surface area contributed by atoms with Gasteiger partial charge in [0, 0.05) is 13.2 Å². The van der Waals surface area contributed by atoms with Gasteiger partial charge < -0.3 is 10.3 Å².